The number of hydrogen-bond donors (Lipinski definition) is 4. The molecule has 0 saturated carbocycles. The highest BCUT2D eigenvalue weighted by atomic mass is 16.6. The van der Waals surface area contributed by atoms with Crippen LogP contribution in [-0.4, -0.2) is 21.1 Å². The Bertz CT molecular complexity index is 434. The smallest absolute Gasteiger partial charge is 0.337 e. The summed E-state index contributed by atoms with van der Waals surface area (Å²) in [5, 5.41) is 28.6. The molecule has 16 heavy (non-hydrogen) atoms. The van der Waals surface area contributed by atoms with Gasteiger partial charge in [-0.2, -0.15) is 0 Å². The molecule has 0 heterocycles. The van der Waals surface area contributed by atoms with E-state index in [2.05, 4.69) is 5.43 Å². The number of carboxylic acids is 1. The van der Waals surface area contributed by atoms with Gasteiger partial charge in [-0.25, -0.2) is 4.79 Å². The number of hydrogen-bond acceptors (Lipinski definition) is 6. The van der Waals surface area contributed by atoms with E-state index in [0.717, 1.165) is 6.07 Å². The van der Waals surface area contributed by atoms with Gasteiger partial charge in [0.25, 0.3) is 5.69 Å². The van der Waals surface area contributed by atoms with Crippen LogP contribution in [-0.2, 0) is 4.79 Å². The molecule has 1 aromatic carbocycles. The topological polar surface area (TPSA) is 139 Å². The first-order valence-corrected chi connectivity index (χ1v) is 4.13. The summed E-state index contributed by atoms with van der Waals surface area (Å²) in [6, 6.07) is 3.80. The summed E-state index contributed by atoms with van der Waals surface area (Å²) in [6.07, 6.45) is -1.96. The van der Waals surface area contributed by atoms with Gasteiger partial charge in [0.05, 0.1) is 10.5 Å². The van der Waals surface area contributed by atoms with Crippen molar-refractivity contribution in [2.45, 2.75) is 6.10 Å². The number of para-hydroxylation sites is 1. The second kappa shape index (κ2) is 4.55. The third-order valence-electron chi connectivity index (χ3n) is 1.93. The Labute approximate surface area is 89.4 Å². The maximum absolute atomic E-state index is 10.7. The molecule has 8 nitrogen and oxygen atoms in total. The molecule has 0 bridgehead atoms. The third kappa shape index (κ3) is 2.07. The highest BCUT2D eigenvalue weighted by Crippen LogP contribution is 2.32. The molecule has 86 valence electrons. The van der Waals surface area contributed by atoms with Crippen LogP contribution in [0.2, 0.25) is 0 Å². The molecule has 8 heteroatoms. The number of anilines is 1. The number of carbonyl (C=O) groups is 1. The minimum Gasteiger partial charge on any atom is -0.479 e. The Balaban J connectivity index is 3.38. The van der Waals surface area contributed by atoms with Crippen molar-refractivity contribution >= 4 is 17.3 Å². The van der Waals surface area contributed by atoms with Crippen molar-refractivity contribution < 1.29 is 19.9 Å². The first kappa shape index (κ1) is 11.9. The van der Waals surface area contributed by atoms with E-state index in [4.69, 9.17) is 10.9 Å². The predicted octanol–water partition coefficient (Wildman–Crippen LogP) is -0.00160. The van der Waals surface area contributed by atoms with Crippen LogP contribution < -0.4 is 11.3 Å². The summed E-state index contributed by atoms with van der Waals surface area (Å²) in [4.78, 5) is 20.5. The standard InChI is InChI=1S/C8H9N3O5/c9-10-5-3-1-2-4(6(5)11(15)16)7(12)8(13)14/h1-3,7,10,12H,9H2,(H,13,14). The lowest BCUT2D eigenvalue weighted by atomic mass is 10.1. The Morgan fingerprint density at radius 2 is 2.19 bits per heavy atom. The maximum atomic E-state index is 10.7. The van der Waals surface area contributed by atoms with E-state index >= 15 is 0 Å². The van der Waals surface area contributed by atoms with Crippen LogP contribution >= 0.6 is 0 Å². The van der Waals surface area contributed by atoms with Gasteiger partial charge in [0, 0.05) is 0 Å². The number of aliphatic hydroxyl groups is 1. The number of benzene rings is 1. The average Bonchev–Trinajstić information content (AvgIpc) is 2.26. The van der Waals surface area contributed by atoms with E-state index in [1.165, 1.54) is 12.1 Å². The number of aliphatic hydroxyl groups excluding tert-OH is 1. The number of hydrazine groups is 1. The lowest BCUT2D eigenvalue weighted by Gasteiger charge is -2.09. The molecule has 5 N–H and O–H groups in total. The highest BCUT2D eigenvalue weighted by molar-refractivity contribution is 5.78. The number of nitro benzene ring substituents is 1. The Morgan fingerprint density at radius 1 is 1.56 bits per heavy atom. The zero-order chi connectivity index (χ0) is 12.3. The van der Waals surface area contributed by atoms with Crippen LogP contribution in [0.3, 0.4) is 0 Å². The number of carboxylic acid groups (broad SMARTS) is 1. The van der Waals surface area contributed by atoms with Crippen molar-refractivity contribution in [3.05, 3.63) is 33.9 Å². The largest absolute Gasteiger partial charge is 0.479 e. The zero-order valence-electron chi connectivity index (χ0n) is 7.95. The molecule has 0 spiro atoms. The molecule has 0 amide bonds. The van der Waals surface area contributed by atoms with Gasteiger partial charge in [-0.05, 0) is 12.1 Å². The van der Waals surface area contributed by atoms with Crippen LogP contribution in [0.5, 0.6) is 0 Å². The summed E-state index contributed by atoms with van der Waals surface area (Å²) in [5.41, 5.74) is 1.12. The fourth-order valence-corrected chi connectivity index (χ4v) is 1.24. The second-order valence-corrected chi connectivity index (χ2v) is 2.89. The van der Waals surface area contributed by atoms with Crippen LogP contribution in [0.1, 0.15) is 11.7 Å². The molecule has 1 unspecified atom stereocenters. The minimum atomic E-state index is -1.96. The Hall–Kier alpha value is -2.19. The molecular weight excluding hydrogens is 218 g/mol. The van der Waals surface area contributed by atoms with E-state index < -0.39 is 22.7 Å². The summed E-state index contributed by atoms with van der Waals surface area (Å²) in [5.74, 6) is 3.48. The molecule has 0 aliphatic carbocycles. The quantitative estimate of drug-likeness (QED) is 0.322. The van der Waals surface area contributed by atoms with Crippen molar-refractivity contribution in [3.63, 3.8) is 0 Å². The average molecular weight is 227 g/mol. The molecule has 1 atom stereocenters. The predicted molar refractivity (Wildman–Crippen MR) is 53.5 cm³/mol. The van der Waals surface area contributed by atoms with Crippen LogP contribution in [0.25, 0.3) is 0 Å². The van der Waals surface area contributed by atoms with E-state index in [9.17, 15) is 20.0 Å². The molecular formula is C8H9N3O5. The highest BCUT2D eigenvalue weighted by Gasteiger charge is 2.28. The van der Waals surface area contributed by atoms with Gasteiger partial charge in [-0.3, -0.25) is 16.0 Å². The van der Waals surface area contributed by atoms with Gasteiger partial charge in [0.1, 0.15) is 5.69 Å². The lowest BCUT2D eigenvalue weighted by Crippen LogP contribution is -2.15. The molecule has 0 saturated heterocycles. The summed E-state index contributed by atoms with van der Waals surface area (Å²) in [7, 11) is 0. The molecule has 0 radical (unpaired) electrons. The van der Waals surface area contributed by atoms with Crippen LogP contribution in [0.15, 0.2) is 18.2 Å². The lowest BCUT2D eigenvalue weighted by molar-refractivity contribution is -0.385. The molecule has 1 aromatic rings. The van der Waals surface area contributed by atoms with Crippen LogP contribution in [0, 0.1) is 10.1 Å². The van der Waals surface area contributed by atoms with Gasteiger partial charge >= 0.3 is 5.97 Å². The van der Waals surface area contributed by atoms with Gasteiger partial charge in [0.15, 0.2) is 6.10 Å². The summed E-state index contributed by atoms with van der Waals surface area (Å²) < 4.78 is 0. The number of rotatable bonds is 4. The summed E-state index contributed by atoms with van der Waals surface area (Å²) >= 11 is 0. The number of aliphatic carboxylic acids is 1. The first-order valence-electron chi connectivity index (χ1n) is 4.13. The Morgan fingerprint density at radius 3 is 2.62 bits per heavy atom. The van der Waals surface area contributed by atoms with E-state index in [0.29, 0.717) is 0 Å². The van der Waals surface area contributed by atoms with Crippen LogP contribution in [0.4, 0.5) is 11.4 Å². The zero-order valence-corrected chi connectivity index (χ0v) is 7.95. The molecule has 0 aliphatic rings. The molecule has 0 aliphatic heterocycles. The minimum absolute atomic E-state index is 0.0669. The van der Waals surface area contributed by atoms with Gasteiger partial charge in [-0.15, -0.1) is 0 Å². The maximum Gasteiger partial charge on any atom is 0.337 e. The Kier molecular flexibility index (Phi) is 3.38. The van der Waals surface area contributed by atoms with Crippen molar-refractivity contribution in [1.82, 2.24) is 0 Å². The fourth-order valence-electron chi connectivity index (χ4n) is 1.24. The van der Waals surface area contributed by atoms with E-state index in [-0.39, 0.29) is 11.3 Å². The fraction of sp³-hybridized carbons (Fsp3) is 0.125. The summed E-state index contributed by atoms with van der Waals surface area (Å²) in [6.45, 7) is 0. The van der Waals surface area contributed by atoms with Gasteiger partial charge in [0.2, 0.25) is 0 Å². The molecule has 1 rings (SSSR count). The normalized spacial score (nSPS) is 11.9. The SMILES string of the molecule is NNc1cccc(C(O)C(=O)O)c1[N+](=O)[O-]. The number of nitrogen functional groups attached to an aromatic ring is 1. The first-order chi connectivity index (χ1) is 7.49. The molecule has 0 fully saturated rings. The van der Waals surface area contributed by atoms with Crippen molar-refractivity contribution in [2.24, 2.45) is 5.84 Å². The van der Waals surface area contributed by atoms with Gasteiger partial charge < -0.3 is 15.6 Å². The number of nitrogens with two attached hydrogens (primary N) is 1. The third-order valence-corrected chi connectivity index (χ3v) is 1.93. The molecule has 0 aromatic heterocycles. The number of nitro groups is 1. The second-order valence-electron chi connectivity index (χ2n) is 2.89. The van der Waals surface area contributed by atoms with Gasteiger partial charge in [-0.1, -0.05) is 6.07 Å². The van der Waals surface area contributed by atoms with Crippen molar-refractivity contribution in [1.29, 1.82) is 0 Å². The van der Waals surface area contributed by atoms with E-state index in [1.807, 2.05) is 0 Å². The van der Waals surface area contributed by atoms with Crippen molar-refractivity contribution in [3.8, 4) is 0 Å². The monoisotopic (exact) mass is 227 g/mol. The number of nitrogens with one attached hydrogen (secondary N) is 1. The number of nitrogens with zero attached hydrogens (tertiary/aromatic N) is 1. The van der Waals surface area contributed by atoms with E-state index in [1.54, 1.807) is 0 Å². The van der Waals surface area contributed by atoms with Crippen molar-refractivity contribution in [2.75, 3.05) is 5.43 Å².